The maximum absolute atomic E-state index is 9.19. The summed E-state index contributed by atoms with van der Waals surface area (Å²) in [5, 5.41) is 15.3. The number of para-hydroxylation sites is 1. The van der Waals surface area contributed by atoms with E-state index in [-0.39, 0.29) is 0 Å². The summed E-state index contributed by atoms with van der Waals surface area (Å²) in [6, 6.07) is 12.2. The molecule has 0 amide bonds. The van der Waals surface area contributed by atoms with E-state index in [0.29, 0.717) is 42.3 Å². The molecule has 3 heterocycles. The van der Waals surface area contributed by atoms with Gasteiger partial charge in [-0.3, -0.25) is 9.11 Å². The first-order chi connectivity index (χ1) is 18.3. The van der Waals surface area contributed by atoms with Crippen molar-refractivity contribution in [2.75, 3.05) is 23.1 Å². The lowest BCUT2D eigenvalue weighted by atomic mass is 9.91. The van der Waals surface area contributed by atoms with E-state index in [1.807, 2.05) is 36.4 Å². The van der Waals surface area contributed by atoms with Gasteiger partial charge >= 0.3 is 0 Å². The molecule has 0 radical (unpaired) electrons. The summed E-state index contributed by atoms with van der Waals surface area (Å²) in [6.07, 6.45) is 10.8. The van der Waals surface area contributed by atoms with E-state index in [1.54, 1.807) is 23.3 Å². The average molecular weight is 580 g/mol. The third-order valence-corrected chi connectivity index (χ3v) is 5.17. The maximum atomic E-state index is 9.19. The number of nitrogens with one attached hydrogen (secondary N) is 2. The number of benzene rings is 1. The number of nitrogens with zero attached hydrogens (tertiary/aromatic N) is 7. The van der Waals surface area contributed by atoms with Crippen LogP contribution in [0.4, 0.5) is 11.9 Å². The van der Waals surface area contributed by atoms with Crippen molar-refractivity contribution in [3.05, 3.63) is 55.0 Å². The summed E-state index contributed by atoms with van der Waals surface area (Å²) in [6.45, 7) is 0. The van der Waals surface area contributed by atoms with Gasteiger partial charge in [0, 0.05) is 36.7 Å². The van der Waals surface area contributed by atoms with Crippen LogP contribution in [0, 0.1) is 0 Å². The fraction of sp³-hybridized carbons (Fsp3) is 0.364. The molecule has 0 unspecified atom stereocenters. The lowest BCUT2D eigenvalue weighted by molar-refractivity contribution is 0.426. The smallest absolute Gasteiger partial charge is 0.261 e. The lowest BCUT2D eigenvalue weighted by Gasteiger charge is -2.29. The van der Waals surface area contributed by atoms with Gasteiger partial charge in [-0.1, -0.05) is 17.3 Å². The Labute approximate surface area is 225 Å². The Bertz CT molecular complexity index is 1510. The monoisotopic (exact) mass is 579 g/mol. The molecule has 0 aliphatic heterocycles. The fourth-order valence-electron chi connectivity index (χ4n) is 3.70. The highest BCUT2D eigenvalue weighted by atomic mass is 32.2. The molecule has 0 atom stereocenters. The molecule has 39 heavy (non-hydrogen) atoms. The van der Waals surface area contributed by atoms with E-state index in [2.05, 4.69) is 40.9 Å². The predicted octanol–water partition coefficient (Wildman–Crippen LogP) is 1.84. The minimum absolute atomic E-state index is 0.340. The van der Waals surface area contributed by atoms with Crippen LogP contribution >= 0.6 is 0 Å². The van der Waals surface area contributed by atoms with Crippen molar-refractivity contribution in [3.63, 3.8) is 0 Å². The summed E-state index contributed by atoms with van der Waals surface area (Å²) in [5.41, 5.74) is 1.76. The molecule has 1 saturated carbocycles. The zero-order chi connectivity index (χ0) is 28.5. The van der Waals surface area contributed by atoms with Crippen molar-refractivity contribution in [3.8, 4) is 5.82 Å². The number of hydrogen-bond donors (Lipinski definition) is 4. The van der Waals surface area contributed by atoms with Gasteiger partial charge < -0.3 is 10.6 Å². The van der Waals surface area contributed by atoms with Crippen LogP contribution in [-0.4, -0.2) is 85.5 Å². The molecule has 1 aliphatic carbocycles. The molecule has 1 aliphatic rings. The SMILES string of the molecule is CS(=O)(=O)O.CS(=O)(=O)O.c1cnc(N[C@H]2CC[C@H](Nc3nccc(-n4nnc5ccccc54)n3)CC2)nc1. The second kappa shape index (κ2) is 13.3. The van der Waals surface area contributed by atoms with E-state index in [1.165, 1.54) is 0 Å². The molecule has 0 bridgehead atoms. The van der Waals surface area contributed by atoms with E-state index >= 15 is 0 Å². The Morgan fingerprint density at radius 1 is 0.769 bits per heavy atom. The van der Waals surface area contributed by atoms with Gasteiger partial charge in [0.15, 0.2) is 5.82 Å². The molecule has 5 rings (SSSR count). The molecule has 1 aromatic carbocycles. The van der Waals surface area contributed by atoms with Crippen molar-refractivity contribution in [1.82, 2.24) is 34.9 Å². The van der Waals surface area contributed by atoms with Crippen molar-refractivity contribution >= 4 is 43.2 Å². The Kier molecular flexibility index (Phi) is 10.2. The van der Waals surface area contributed by atoms with Gasteiger partial charge in [0.2, 0.25) is 11.9 Å². The average Bonchev–Trinajstić information content (AvgIpc) is 3.28. The molecule has 4 N–H and O–H groups in total. The van der Waals surface area contributed by atoms with Gasteiger partial charge in [-0.2, -0.15) is 26.5 Å². The molecule has 1 fully saturated rings. The number of anilines is 2. The zero-order valence-electron chi connectivity index (χ0n) is 21.2. The molecule has 4 aromatic rings. The topological polar surface area (TPSA) is 215 Å². The maximum Gasteiger partial charge on any atom is 0.261 e. The van der Waals surface area contributed by atoms with Gasteiger partial charge in [-0.25, -0.2) is 15.0 Å². The first-order valence-corrected chi connectivity index (χ1v) is 15.3. The molecular weight excluding hydrogens is 550 g/mol. The largest absolute Gasteiger partial charge is 0.351 e. The fourth-order valence-corrected chi connectivity index (χ4v) is 3.70. The van der Waals surface area contributed by atoms with E-state index < -0.39 is 20.2 Å². The summed E-state index contributed by atoms with van der Waals surface area (Å²) < 4.78 is 53.5. The minimum atomic E-state index is -3.67. The van der Waals surface area contributed by atoms with Crippen LogP contribution in [0.3, 0.4) is 0 Å². The summed E-state index contributed by atoms with van der Waals surface area (Å²) in [4.78, 5) is 17.5. The second-order valence-corrected chi connectivity index (χ2v) is 11.5. The number of rotatable bonds is 5. The lowest BCUT2D eigenvalue weighted by Crippen LogP contribution is -2.33. The van der Waals surface area contributed by atoms with E-state index in [4.69, 9.17) is 9.11 Å². The van der Waals surface area contributed by atoms with Crippen LogP contribution < -0.4 is 10.6 Å². The minimum Gasteiger partial charge on any atom is -0.351 e. The van der Waals surface area contributed by atoms with Gasteiger partial charge in [-0.05, 0) is 43.9 Å². The van der Waals surface area contributed by atoms with E-state index in [9.17, 15) is 16.8 Å². The number of hydrogen-bond acceptors (Lipinski definition) is 12. The third-order valence-electron chi connectivity index (χ3n) is 5.17. The van der Waals surface area contributed by atoms with Crippen molar-refractivity contribution in [2.24, 2.45) is 0 Å². The molecule has 0 spiro atoms. The Morgan fingerprint density at radius 2 is 1.28 bits per heavy atom. The molecule has 17 heteroatoms. The van der Waals surface area contributed by atoms with Crippen LogP contribution in [0.5, 0.6) is 0 Å². The third kappa shape index (κ3) is 11.2. The summed E-state index contributed by atoms with van der Waals surface area (Å²) in [5.74, 6) is 2.01. The number of fused-ring (bicyclic) bond motifs is 1. The van der Waals surface area contributed by atoms with Crippen molar-refractivity contribution in [2.45, 2.75) is 37.8 Å². The zero-order valence-corrected chi connectivity index (χ0v) is 22.8. The second-order valence-electron chi connectivity index (χ2n) is 8.60. The molecule has 3 aromatic heterocycles. The molecule has 210 valence electrons. The predicted molar refractivity (Wildman–Crippen MR) is 145 cm³/mol. The summed E-state index contributed by atoms with van der Waals surface area (Å²) in [7, 11) is -7.33. The van der Waals surface area contributed by atoms with Gasteiger partial charge in [0.1, 0.15) is 5.52 Å². The van der Waals surface area contributed by atoms with Gasteiger partial charge in [0.05, 0.1) is 18.0 Å². The number of aromatic nitrogens is 7. The van der Waals surface area contributed by atoms with Crippen LogP contribution in [0.1, 0.15) is 25.7 Å². The van der Waals surface area contributed by atoms with Gasteiger partial charge in [0.25, 0.3) is 20.2 Å². The van der Waals surface area contributed by atoms with Crippen LogP contribution in [0.15, 0.2) is 55.0 Å². The molecule has 0 saturated heterocycles. The van der Waals surface area contributed by atoms with Crippen LogP contribution in [-0.2, 0) is 20.2 Å². The quantitative estimate of drug-likeness (QED) is 0.248. The van der Waals surface area contributed by atoms with Crippen LogP contribution in [0.25, 0.3) is 16.9 Å². The normalized spacial score (nSPS) is 17.2. The summed E-state index contributed by atoms with van der Waals surface area (Å²) >= 11 is 0. The standard InChI is InChI=1S/C20H21N9.2CH4O3S/c1-2-5-17-16(4-1)27-28-29(17)18-10-13-23-20(26-18)25-15-8-6-14(7-9-15)24-19-21-11-3-12-22-19;2*1-5(2,3)4/h1-5,10-15H,6-9H2,(H,21,22,24)(H,23,25,26);2*1H3,(H,2,3,4)/t14-,15-;;. The highest BCUT2D eigenvalue weighted by Gasteiger charge is 2.22. The van der Waals surface area contributed by atoms with E-state index in [0.717, 1.165) is 36.7 Å². The molecule has 15 nitrogen and oxygen atoms in total. The Morgan fingerprint density at radius 3 is 1.87 bits per heavy atom. The Hall–Kier alpha value is -3.80. The highest BCUT2D eigenvalue weighted by Crippen LogP contribution is 2.23. The van der Waals surface area contributed by atoms with Crippen LogP contribution in [0.2, 0.25) is 0 Å². The first kappa shape index (κ1) is 29.8. The molecular formula is C22H29N9O6S2. The Balaban J connectivity index is 0.000000362. The van der Waals surface area contributed by atoms with Gasteiger partial charge in [-0.15, -0.1) is 5.10 Å². The highest BCUT2D eigenvalue weighted by molar-refractivity contribution is 7.85. The van der Waals surface area contributed by atoms with Crippen molar-refractivity contribution in [1.29, 1.82) is 0 Å². The first-order valence-electron chi connectivity index (χ1n) is 11.6. The van der Waals surface area contributed by atoms with Crippen molar-refractivity contribution < 1.29 is 25.9 Å².